The molecule has 2 atom stereocenters. The number of benzene rings is 1. The van der Waals surface area contributed by atoms with Gasteiger partial charge in [0, 0.05) is 0 Å². The lowest BCUT2D eigenvalue weighted by molar-refractivity contribution is -0.137. The molecule has 1 aromatic rings. The molecule has 1 aliphatic carbocycles. The summed E-state index contributed by atoms with van der Waals surface area (Å²) in [6, 6.07) is 5.94. The summed E-state index contributed by atoms with van der Waals surface area (Å²) >= 11 is 0. The van der Waals surface area contributed by atoms with Gasteiger partial charge in [-0.1, -0.05) is 19.1 Å². The van der Waals surface area contributed by atoms with Crippen LogP contribution in [0.2, 0.25) is 0 Å². The number of hydrogen-bond acceptors (Lipinski definition) is 2. The fourth-order valence-electron chi connectivity index (χ4n) is 2.82. The Kier molecular flexibility index (Phi) is 3.36. The summed E-state index contributed by atoms with van der Waals surface area (Å²) < 4.78 is 5.37. The molecule has 3 heteroatoms. The van der Waals surface area contributed by atoms with Crippen LogP contribution in [0.25, 0.3) is 0 Å². The van der Waals surface area contributed by atoms with E-state index in [4.69, 9.17) is 9.84 Å². The van der Waals surface area contributed by atoms with Crippen LogP contribution in [0.1, 0.15) is 36.8 Å². The SMILES string of the molecule is COc1cccc2c1CC(C)CC2CC(=O)O. The molecule has 3 nitrogen and oxygen atoms in total. The van der Waals surface area contributed by atoms with E-state index in [1.54, 1.807) is 7.11 Å². The zero-order chi connectivity index (χ0) is 12.4. The summed E-state index contributed by atoms with van der Waals surface area (Å²) in [6.45, 7) is 2.17. The van der Waals surface area contributed by atoms with E-state index in [0.29, 0.717) is 5.92 Å². The van der Waals surface area contributed by atoms with Crippen LogP contribution in [0.15, 0.2) is 18.2 Å². The van der Waals surface area contributed by atoms with Crippen LogP contribution >= 0.6 is 0 Å². The van der Waals surface area contributed by atoms with Gasteiger partial charge in [0.05, 0.1) is 13.5 Å². The van der Waals surface area contributed by atoms with Crippen LogP contribution in [0, 0.1) is 5.92 Å². The molecule has 0 fully saturated rings. The quantitative estimate of drug-likeness (QED) is 0.874. The first-order valence-electron chi connectivity index (χ1n) is 5.99. The van der Waals surface area contributed by atoms with Crippen LogP contribution in [0.4, 0.5) is 0 Å². The molecule has 0 radical (unpaired) electrons. The minimum Gasteiger partial charge on any atom is -0.496 e. The summed E-state index contributed by atoms with van der Waals surface area (Å²) in [6.07, 6.45) is 2.15. The fourth-order valence-corrected chi connectivity index (χ4v) is 2.82. The first-order chi connectivity index (χ1) is 8.11. The third kappa shape index (κ3) is 2.43. The number of ether oxygens (including phenoxy) is 1. The third-order valence-electron chi connectivity index (χ3n) is 3.49. The van der Waals surface area contributed by atoms with Crippen LogP contribution in [0.3, 0.4) is 0 Å². The van der Waals surface area contributed by atoms with E-state index < -0.39 is 5.97 Å². The summed E-state index contributed by atoms with van der Waals surface area (Å²) in [7, 11) is 1.67. The van der Waals surface area contributed by atoms with Gasteiger partial charge in [0.25, 0.3) is 0 Å². The Balaban J connectivity index is 2.39. The van der Waals surface area contributed by atoms with Crippen molar-refractivity contribution in [3.05, 3.63) is 29.3 Å². The molecule has 0 aliphatic heterocycles. The maximum absolute atomic E-state index is 10.9. The molecule has 92 valence electrons. The van der Waals surface area contributed by atoms with Gasteiger partial charge >= 0.3 is 5.97 Å². The molecule has 0 spiro atoms. The zero-order valence-corrected chi connectivity index (χ0v) is 10.3. The van der Waals surface area contributed by atoms with Gasteiger partial charge in [-0.3, -0.25) is 4.79 Å². The van der Waals surface area contributed by atoms with Crippen molar-refractivity contribution in [1.29, 1.82) is 0 Å². The van der Waals surface area contributed by atoms with Crippen molar-refractivity contribution >= 4 is 5.97 Å². The third-order valence-corrected chi connectivity index (χ3v) is 3.49. The van der Waals surface area contributed by atoms with Gasteiger partial charge in [0.15, 0.2) is 0 Å². The van der Waals surface area contributed by atoms with Crippen molar-refractivity contribution in [1.82, 2.24) is 0 Å². The number of carbonyl (C=O) groups is 1. The number of carboxylic acids is 1. The Labute approximate surface area is 101 Å². The van der Waals surface area contributed by atoms with Gasteiger partial charge in [0.1, 0.15) is 5.75 Å². The number of carboxylic acid groups (broad SMARTS) is 1. The largest absolute Gasteiger partial charge is 0.496 e. The van der Waals surface area contributed by atoms with E-state index in [0.717, 1.165) is 24.2 Å². The predicted molar refractivity (Wildman–Crippen MR) is 65.5 cm³/mol. The summed E-state index contributed by atoms with van der Waals surface area (Å²) in [5, 5.41) is 8.97. The van der Waals surface area contributed by atoms with Crippen LogP contribution in [-0.4, -0.2) is 18.2 Å². The van der Waals surface area contributed by atoms with Crippen molar-refractivity contribution in [2.24, 2.45) is 5.92 Å². The predicted octanol–water partition coefficient (Wildman–Crippen LogP) is 2.84. The molecule has 2 unspecified atom stereocenters. The number of hydrogen-bond donors (Lipinski definition) is 1. The molecule has 0 bridgehead atoms. The van der Waals surface area contributed by atoms with Gasteiger partial charge < -0.3 is 9.84 Å². The number of aliphatic carboxylic acids is 1. The highest BCUT2D eigenvalue weighted by atomic mass is 16.5. The summed E-state index contributed by atoms with van der Waals surface area (Å²) in [5.74, 6) is 0.812. The Hall–Kier alpha value is -1.51. The molecule has 1 aromatic carbocycles. The van der Waals surface area contributed by atoms with E-state index in [-0.39, 0.29) is 12.3 Å². The van der Waals surface area contributed by atoms with E-state index in [2.05, 4.69) is 6.92 Å². The molecule has 0 amide bonds. The molecular weight excluding hydrogens is 216 g/mol. The van der Waals surface area contributed by atoms with Gasteiger partial charge in [-0.15, -0.1) is 0 Å². The Morgan fingerprint density at radius 3 is 2.94 bits per heavy atom. The lowest BCUT2D eigenvalue weighted by Crippen LogP contribution is -2.19. The highest BCUT2D eigenvalue weighted by Gasteiger charge is 2.28. The number of rotatable bonds is 3. The molecule has 0 saturated heterocycles. The lowest BCUT2D eigenvalue weighted by Gasteiger charge is -2.30. The van der Waals surface area contributed by atoms with E-state index in [9.17, 15) is 4.79 Å². The molecule has 0 heterocycles. The Morgan fingerprint density at radius 2 is 2.29 bits per heavy atom. The molecule has 17 heavy (non-hydrogen) atoms. The smallest absolute Gasteiger partial charge is 0.303 e. The van der Waals surface area contributed by atoms with Gasteiger partial charge in [-0.2, -0.15) is 0 Å². The average Bonchev–Trinajstić information content (AvgIpc) is 2.27. The van der Waals surface area contributed by atoms with Crippen molar-refractivity contribution in [2.45, 2.75) is 32.1 Å². The standard InChI is InChI=1S/C14H18O3/c1-9-6-10(8-14(15)16)11-4-3-5-13(17-2)12(11)7-9/h3-5,9-10H,6-8H2,1-2H3,(H,15,16). The van der Waals surface area contributed by atoms with Crippen molar-refractivity contribution in [3.63, 3.8) is 0 Å². The maximum Gasteiger partial charge on any atom is 0.303 e. The van der Waals surface area contributed by atoms with Gasteiger partial charge in [0.2, 0.25) is 0 Å². The molecule has 1 aliphatic rings. The van der Waals surface area contributed by atoms with E-state index in [1.807, 2.05) is 18.2 Å². The minimum absolute atomic E-state index is 0.126. The first-order valence-corrected chi connectivity index (χ1v) is 5.99. The zero-order valence-electron chi connectivity index (χ0n) is 10.3. The summed E-state index contributed by atoms with van der Waals surface area (Å²) in [5.41, 5.74) is 2.35. The van der Waals surface area contributed by atoms with E-state index in [1.165, 1.54) is 5.56 Å². The highest BCUT2D eigenvalue weighted by molar-refractivity contribution is 5.68. The van der Waals surface area contributed by atoms with Gasteiger partial charge in [-0.25, -0.2) is 0 Å². The van der Waals surface area contributed by atoms with Crippen molar-refractivity contribution in [3.8, 4) is 5.75 Å². The van der Waals surface area contributed by atoms with Crippen LogP contribution in [0.5, 0.6) is 5.75 Å². The second-order valence-corrected chi connectivity index (χ2v) is 4.87. The van der Waals surface area contributed by atoms with Crippen molar-refractivity contribution < 1.29 is 14.6 Å². The normalized spacial score (nSPS) is 22.9. The molecule has 0 aromatic heterocycles. The first kappa shape index (κ1) is 12.0. The Bertz CT molecular complexity index is 425. The topological polar surface area (TPSA) is 46.5 Å². The van der Waals surface area contributed by atoms with E-state index >= 15 is 0 Å². The average molecular weight is 234 g/mol. The Morgan fingerprint density at radius 1 is 1.53 bits per heavy atom. The number of methoxy groups -OCH3 is 1. The minimum atomic E-state index is -0.724. The second kappa shape index (κ2) is 4.78. The number of fused-ring (bicyclic) bond motifs is 1. The highest BCUT2D eigenvalue weighted by Crippen LogP contribution is 2.40. The van der Waals surface area contributed by atoms with Crippen LogP contribution in [-0.2, 0) is 11.2 Å². The second-order valence-electron chi connectivity index (χ2n) is 4.87. The molecule has 1 N–H and O–H groups in total. The summed E-state index contributed by atoms with van der Waals surface area (Å²) in [4.78, 5) is 10.9. The maximum atomic E-state index is 10.9. The molecular formula is C14H18O3. The van der Waals surface area contributed by atoms with Crippen molar-refractivity contribution in [2.75, 3.05) is 7.11 Å². The molecule has 0 saturated carbocycles. The van der Waals surface area contributed by atoms with Crippen LogP contribution < -0.4 is 4.74 Å². The lowest BCUT2D eigenvalue weighted by atomic mass is 9.76. The monoisotopic (exact) mass is 234 g/mol. The molecule has 2 rings (SSSR count). The fraction of sp³-hybridized carbons (Fsp3) is 0.500. The van der Waals surface area contributed by atoms with Gasteiger partial charge in [-0.05, 0) is 41.9 Å².